The van der Waals surface area contributed by atoms with Crippen LogP contribution in [0.1, 0.15) is 69.8 Å². The molecule has 15 rings (SSSR count). The Morgan fingerprint density at radius 3 is 1.84 bits per heavy atom. The van der Waals surface area contributed by atoms with Gasteiger partial charge in [-0.15, -0.1) is 0 Å². The lowest BCUT2D eigenvalue weighted by atomic mass is 9.60. The van der Waals surface area contributed by atoms with Gasteiger partial charge in [-0.3, -0.25) is 0 Å². The summed E-state index contributed by atoms with van der Waals surface area (Å²) in [5.74, 6) is 0.400. The Bertz CT molecular complexity index is 3980. The molecule has 1 aromatic heterocycles. The molecule has 69 heavy (non-hydrogen) atoms. The lowest BCUT2D eigenvalue weighted by Crippen LogP contribution is -2.34. The first-order valence-corrected chi connectivity index (χ1v) is 24.6. The van der Waals surface area contributed by atoms with Crippen molar-refractivity contribution in [1.82, 2.24) is 0 Å². The maximum Gasteiger partial charge on any atom is 0.135 e. The van der Waals surface area contributed by atoms with Gasteiger partial charge in [-0.05, 0) is 156 Å². The van der Waals surface area contributed by atoms with Gasteiger partial charge in [0, 0.05) is 33.1 Å². The van der Waals surface area contributed by atoms with E-state index in [-0.39, 0.29) is 5.41 Å². The van der Waals surface area contributed by atoms with E-state index in [9.17, 15) is 0 Å². The first-order chi connectivity index (χ1) is 34.0. The summed E-state index contributed by atoms with van der Waals surface area (Å²) in [5, 5.41) is 2.25. The average molecular weight is 882 g/mol. The smallest absolute Gasteiger partial charge is 0.135 e. The Balaban J connectivity index is 1.01. The van der Waals surface area contributed by atoms with Crippen molar-refractivity contribution in [3.05, 3.63) is 268 Å². The second-order valence-corrected chi connectivity index (χ2v) is 20.3. The zero-order valence-electron chi connectivity index (χ0n) is 38.6. The van der Waals surface area contributed by atoms with Crippen LogP contribution in [0.3, 0.4) is 0 Å². The molecule has 4 aliphatic carbocycles. The van der Waals surface area contributed by atoms with E-state index < -0.39 is 5.41 Å². The maximum absolute atomic E-state index is 6.36. The highest BCUT2D eigenvalue weighted by atomic mass is 16.3. The third-order valence-corrected chi connectivity index (χ3v) is 16.6. The highest BCUT2D eigenvalue weighted by molar-refractivity contribution is 6.07. The Morgan fingerprint density at radius 1 is 0.406 bits per heavy atom. The van der Waals surface area contributed by atoms with Gasteiger partial charge in [0.25, 0.3) is 0 Å². The number of benzene rings is 10. The highest BCUT2D eigenvalue weighted by Gasteiger charge is 2.50. The van der Waals surface area contributed by atoms with Crippen LogP contribution in [0, 0.1) is 0 Å². The van der Waals surface area contributed by atoms with Crippen molar-refractivity contribution in [2.75, 3.05) is 4.90 Å². The van der Waals surface area contributed by atoms with Crippen LogP contribution in [-0.4, -0.2) is 0 Å². The van der Waals surface area contributed by atoms with Gasteiger partial charge in [0.1, 0.15) is 11.2 Å². The normalized spacial score (nSPS) is 17.3. The van der Waals surface area contributed by atoms with Crippen molar-refractivity contribution in [3.8, 4) is 44.5 Å². The van der Waals surface area contributed by atoms with E-state index in [1.165, 1.54) is 83.5 Å². The number of fused-ring (bicyclic) bond motifs is 18. The Hall–Kier alpha value is -8.20. The van der Waals surface area contributed by atoms with Crippen LogP contribution < -0.4 is 4.90 Å². The molecule has 0 saturated heterocycles. The molecule has 1 heterocycles. The molecule has 2 atom stereocenters. The molecule has 4 aliphatic rings. The lowest BCUT2D eigenvalue weighted by Gasteiger charge is -2.42. The molecule has 0 fully saturated rings. The van der Waals surface area contributed by atoms with Crippen molar-refractivity contribution < 1.29 is 4.42 Å². The van der Waals surface area contributed by atoms with E-state index in [0.29, 0.717) is 5.92 Å². The fourth-order valence-electron chi connectivity index (χ4n) is 13.6. The predicted octanol–water partition coefficient (Wildman–Crippen LogP) is 17.3. The maximum atomic E-state index is 6.36. The van der Waals surface area contributed by atoms with Crippen molar-refractivity contribution in [2.45, 2.75) is 43.4 Å². The highest BCUT2D eigenvalue weighted by Crippen LogP contribution is 2.62. The zero-order valence-corrected chi connectivity index (χ0v) is 38.6. The van der Waals surface area contributed by atoms with Gasteiger partial charge >= 0.3 is 0 Å². The fourth-order valence-corrected chi connectivity index (χ4v) is 13.6. The molecular formula is C67H47NO. The van der Waals surface area contributed by atoms with Crippen molar-refractivity contribution >= 4 is 39.0 Å². The minimum absolute atomic E-state index is 0.171. The molecule has 10 aromatic carbocycles. The first kappa shape index (κ1) is 38.9. The van der Waals surface area contributed by atoms with Crippen molar-refractivity contribution in [3.63, 3.8) is 0 Å². The summed E-state index contributed by atoms with van der Waals surface area (Å²) < 4.78 is 6.36. The van der Waals surface area contributed by atoms with E-state index in [1.807, 2.05) is 6.07 Å². The molecule has 0 amide bonds. The number of hydrogen-bond acceptors (Lipinski definition) is 2. The van der Waals surface area contributed by atoms with Crippen molar-refractivity contribution in [2.24, 2.45) is 0 Å². The fraction of sp³-hybridized carbons (Fsp3) is 0.104. The SMILES string of the molecule is CC1(C)c2ccccc2-c2ccc(N(c3ccc4c(c3)C3(c5ccccc5CC5Cc6c(cccc63)-c3ccccc35)c3ccccc3-4)c3ccccc3-c3ccc4oc5ccccc5c4c3)cc21. The third-order valence-electron chi connectivity index (χ3n) is 16.6. The van der Waals surface area contributed by atoms with Gasteiger partial charge in [0.2, 0.25) is 0 Å². The number of hydrogen-bond donors (Lipinski definition) is 0. The van der Waals surface area contributed by atoms with Crippen LogP contribution in [0.4, 0.5) is 17.1 Å². The molecule has 0 aliphatic heterocycles. The van der Waals surface area contributed by atoms with Crippen molar-refractivity contribution in [1.29, 1.82) is 0 Å². The summed E-state index contributed by atoms with van der Waals surface area (Å²) in [5.41, 5.74) is 27.4. The zero-order chi connectivity index (χ0) is 45.6. The van der Waals surface area contributed by atoms with E-state index in [2.05, 4.69) is 231 Å². The Kier molecular flexibility index (Phi) is 7.98. The van der Waals surface area contributed by atoms with E-state index in [4.69, 9.17) is 4.42 Å². The number of nitrogens with zero attached hydrogens (tertiary/aromatic N) is 1. The van der Waals surface area contributed by atoms with Gasteiger partial charge in [-0.1, -0.05) is 184 Å². The van der Waals surface area contributed by atoms with Crippen LogP contribution in [0.2, 0.25) is 0 Å². The number of anilines is 3. The Morgan fingerprint density at radius 2 is 1.00 bits per heavy atom. The third kappa shape index (κ3) is 5.26. The van der Waals surface area contributed by atoms with Gasteiger partial charge in [0.15, 0.2) is 0 Å². The standard InChI is InChI=1S/C67H47NO/c1-66(2)58-25-11-6-20-50(58)52-33-31-44(39-61(52)66)68(63-28-13-8-18-47(63)41-30-35-65-56(37-41)54-22-9-14-29-64(54)69-65)45-32-34-53-51-21-7-12-26-59(51)67(62(53)40-45)57-24-10-3-16-42(57)36-43-38-55-49(23-15-27-60(55)67)48-19-5-4-17-46(43)48/h3-35,37,39-40,43H,36,38H2,1-2H3. The van der Waals surface area contributed by atoms with Crippen LogP contribution >= 0.6 is 0 Å². The van der Waals surface area contributed by atoms with Crippen LogP contribution in [-0.2, 0) is 23.7 Å². The quantitative estimate of drug-likeness (QED) is 0.175. The first-order valence-electron chi connectivity index (χ1n) is 24.6. The molecule has 2 heteroatoms. The molecule has 2 unspecified atom stereocenters. The molecular weight excluding hydrogens is 835 g/mol. The van der Waals surface area contributed by atoms with Gasteiger partial charge in [-0.2, -0.15) is 0 Å². The molecule has 11 aromatic rings. The number of furan rings is 1. The molecule has 2 bridgehead atoms. The van der Waals surface area contributed by atoms with E-state index >= 15 is 0 Å². The van der Waals surface area contributed by atoms with Crippen LogP contribution in [0.25, 0.3) is 66.4 Å². The van der Waals surface area contributed by atoms with Gasteiger partial charge < -0.3 is 9.32 Å². The molecule has 2 nitrogen and oxygen atoms in total. The largest absolute Gasteiger partial charge is 0.456 e. The summed E-state index contributed by atoms with van der Waals surface area (Å²) >= 11 is 0. The van der Waals surface area contributed by atoms with E-state index in [0.717, 1.165) is 63.0 Å². The second-order valence-electron chi connectivity index (χ2n) is 20.3. The van der Waals surface area contributed by atoms with Crippen LogP contribution in [0.5, 0.6) is 0 Å². The van der Waals surface area contributed by atoms with Gasteiger partial charge in [0.05, 0.1) is 11.1 Å². The molecule has 0 saturated carbocycles. The summed E-state index contributed by atoms with van der Waals surface area (Å²) in [6, 6.07) is 82.6. The summed E-state index contributed by atoms with van der Waals surface area (Å²) in [6.07, 6.45) is 2.00. The molecule has 1 spiro atoms. The number of rotatable bonds is 4. The average Bonchev–Trinajstić information content (AvgIpc) is 3.99. The van der Waals surface area contributed by atoms with Gasteiger partial charge in [-0.25, -0.2) is 0 Å². The van der Waals surface area contributed by atoms with Crippen LogP contribution in [0.15, 0.2) is 223 Å². The monoisotopic (exact) mass is 881 g/mol. The van der Waals surface area contributed by atoms with E-state index in [1.54, 1.807) is 0 Å². The second kappa shape index (κ2) is 14.2. The summed E-state index contributed by atoms with van der Waals surface area (Å²) in [4.78, 5) is 2.55. The lowest BCUT2D eigenvalue weighted by molar-refractivity contribution is 0.621. The topological polar surface area (TPSA) is 16.4 Å². The predicted molar refractivity (Wildman–Crippen MR) is 284 cm³/mol. The summed E-state index contributed by atoms with van der Waals surface area (Å²) in [7, 11) is 0. The molecule has 0 radical (unpaired) electrons. The minimum atomic E-state index is -0.554. The minimum Gasteiger partial charge on any atom is -0.456 e. The Labute approximate surface area is 402 Å². The summed E-state index contributed by atoms with van der Waals surface area (Å²) in [6.45, 7) is 4.77. The molecule has 326 valence electrons. The molecule has 0 N–H and O–H groups in total. The number of para-hydroxylation sites is 2.